The molecule has 0 bridgehead atoms. The molecule has 1 aromatic heterocycles. The van der Waals surface area contributed by atoms with Gasteiger partial charge in [-0.3, -0.25) is 0 Å². The second-order valence-corrected chi connectivity index (χ2v) is 9.65. The second-order valence-electron chi connectivity index (χ2n) is 8.15. The van der Waals surface area contributed by atoms with Crippen molar-refractivity contribution in [1.82, 2.24) is 4.90 Å². The zero-order valence-corrected chi connectivity index (χ0v) is 19.9. The van der Waals surface area contributed by atoms with Gasteiger partial charge in [0.1, 0.15) is 10.8 Å². The van der Waals surface area contributed by atoms with E-state index in [1.807, 2.05) is 12.1 Å². The number of carbonyl (C=O) groups excluding carboxylic acids is 1. The van der Waals surface area contributed by atoms with E-state index in [-0.39, 0.29) is 5.97 Å². The summed E-state index contributed by atoms with van der Waals surface area (Å²) in [5.41, 5.74) is 2.97. The molecule has 0 amide bonds. The molecule has 1 fully saturated rings. The maximum atomic E-state index is 12.5. The van der Waals surface area contributed by atoms with Crippen LogP contribution in [0.1, 0.15) is 34.1 Å². The average molecular weight is 460 g/mol. The summed E-state index contributed by atoms with van der Waals surface area (Å²) < 4.78 is 10.4. The van der Waals surface area contributed by atoms with Gasteiger partial charge in [-0.2, -0.15) is 0 Å². The number of hydrogen-bond acceptors (Lipinski definition) is 6. The Bertz CT molecular complexity index is 967. The van der Waals surface area contributed by atoms with Gasteiger partial charge in [-0.1, -0.05) is 13.0 Å². The lowest BCUT2D eigenvalue weighted by atomic mass is 9.88. The Hall–Kier alpha value is -2.32. The van der Waals surface area contributed by atoms with Crippen LogP contribution < -0.4 is 15.0 Å². The minimum atomic E-state index is -0.278. The Morgan fingerprint density at radius 1 is 1.23 bits per heavy atom. The Morgan fingerprint density at radius 2 is 2.00 bits per heavy atom. The number of anilines is 2. The van der Waals surface area contributed by atoms with E-state index in [9.17, 15) is 4.79 Å². The van der Waals surface area contributed by atoms with E-state index in [4.69, 9.17) is 21.7 Å². The van der Waals surface area contributed by atoms with Gasteiger partial charge in [-0.25, -0.2) is 4.79 Å². The Morgan fingerprint density at radius 3 is 2.71 bits per heavy atom. The zero-order chi connectivity index (χ0) is 22.0. The number of rotatable bonds is 4. The second kappa shape index (κ2) is 9.44. The predicted octanol–water partition coefficient (Wildman–Crippen LogP) is 4.19. The molecule has 31 heavy (non-hydrogen) atoms. The van der Waals surface area contributed by atoms with E-state index < -0.39 is 0 Å². The highest BCUT2D eigenvalue weighted by molar-refractivity contribution is 7.80. The van der Waals surface area contributed by atoms with Crippen LogP contribution in [0.5, 0.6) is 5.75 Å². The average Bonchev–Trinajstić information content (AvgIpc) is 3.15. The SMILES string of the molecule is COC(=O)c1c(NC(=S)N2CCN(c3cccc(OC)c3)CC2)sc2c1CCC(C)C2. The Balaban J connectivity index is 1.44. The number of esters is 1. The van der Waals surface area contributed by atoms with Crippen LogP contribution in [-0.2, 0) is 17.6 Å². The topological polar surface area (TPSA) is 54.0 Å². The number of thiophene rings is 1. The van der Waals surface area contributed by atoms with Gasteiger partial charge in [0.2, 0.25) is 0 Å². The van der Waals surface area contributed by atoms with E-state index in [1.54, 1.807) is 18.4 Å². The van der Waals surface area contributed by atoms with Crippen LogP contribution in [0.4, 0.5) is 10.7 Å². The molecular weight excluding hydrogens is 430 g/mol. The summed E-state index contributed by atoms with van der Waals surface area (Å²) in [6.07, 6.45) is 3.03. The molecule has 8 heteroatoms. The lowest BCUT2D eigenvalue weighted by Crippen LogP contribution is -2.50. The van der Waals surface area contributed by atoms with Gasteiger partial charge in [0.25, 0.3) is 0 Å². The van der Waals surface area contributed by atoms with Gasteiger partial charge < -0.3 is 24.6 Å². The van der Waals surface area contributed by atoms with Crippen molar-refractivity contribution in [1.29, 1.82) is 0 Å². The van der Waals surface area contributed by atoms with Gasteiger partial charge in [0.05, 0.1) is 19.8 Å². The first-order valence-corrected chi connectivity index (χ1v) is 11.9. The molecule has 6 nitrogen and oxygen atoms in total. The number of fused-ring (bicyclic) bond motifs is 1. The molecule has 1 atom stereocenters. The molecular formula is C23H29N3O3S2. The molecule has 4 rings (SSSR count). The number of benzene rings is 1. The summed E-state index contributed by atoms with van der Waals surface area (Å²) in [6.45, 7) is 5.64. The molecule has 1 N–H and O–H groups in total. The monoisotopic (exact) mass is 459 g/mol. The number of nitrogens with one attached hydrogen (secondary N) is 1. The molecule has 0 saturated carbocycles. The molecule has 1 aliphatic heterocycles. The Labute approximate surface area is 193 Å². The molecule has 2 aliphatic rings. The van der Waals surface area contributed by atoms with Crippen LogP contribution in [0.15, 0.2) is 24.3 Å². The highest BCUT2D eigenvalue weighted by Crippen LogP contribution is 2.40. The summed E-state index contributed by atoms with van der Waals surface area (Å²) in [6, 6.07) is 8.14. The van der Waals surface area contributed by atoms with Crippen molar-refractivity contribution in [3.8, 4) is 5.75 Å². The summed E-state index contributed by atoms with van der Waals surface area (Å²) in [4.78, 5) is 18.3. The van der Waals surface area contributed by atoms with E-state index in [2.05, 4.69) is 34.2 Å². The number of piperazine rings is 1. The van der Waals surface area contributed by atoms with Crippen molar-refractivity contribution in [2.45, 2.75) is 26.2 Å². The van der Waals surface area contributed by atoms with Gasteiger partial charge >= 0.3 is 5.97 Å². The molecule has 0 radical (unpaired) electrons. The summed E-state index contributed by atoms with van der Waals surface area (Å²) >= 11 is 7.38. The predicted molar refractivity (Wildman–Crippen MR) is 130 cm³/mol. The minimum absolute atomic E-state index is 0.278. The molecule has 2 aromatic rings. The van der Waals surface area contributed by atoms with E-state index >= 15 is 0 Å². The van der Waals surface area contributed by atoms with Gasteiger partial charge in [-0.05, 0) is 55.1 Å². The largest absolute Gasteiger partial charge is 0.497 e. The summed E-state index contributed by atoms with van der Waals surface area (Å²) in [5, 5.41) is 4.87. The van der Waals surface area contributed by atoms with Crippen LogP contribution in [0.2, 0.25) is 0 Å². The number of methoxy groups -OCH3 is 2. The standard InChI is InChI=1S/C23H29N3O3S2/c1-15-7-8-18-19(13-15)31-21(20(18)22(27)29-3)24-23(30)26-11-9-25(10-12-26)16-5-4-6-17(14-16)28-2/h4-6,14-15H,7-13H2,1-3H3,(H,24,30). The fourth-order valence-electron chi connectivity index (χ4n) is 4.31. The fraction of sp³-hybridized carbons (Fsp3) is 0.478. The molecule has 0 spiro atoms. The van der Waals surface area contributed by atoms with Crippen LogP contribution in [-0.4, -0.2) is 56.4 Å². The third kappa shape index (κ3) is 4.65. The highest BCUT2D eigenvalue weighted by Gasteiger charge is 2.29. The summed E-state index contributed by atoms with van der Waals surface area (Å²) in [7, 11) is 3.13. The van der Waals surface area contributed by atoms with Crippen molar-refractivity contribution in [2.24, 2.45) is 5.92 Å². The molecule has 1 unspecified atom stereocenters. The van der Waals surface area contributed by atoms with Crippen LogP contribution >= 0.6 is 23.6 Å². The quantitative estimate of drug-likeness (QED) is 0.544. The maximum Gasteiger partial charge on any atom is 0.341 e. The lowest BCUT2D eigenvalue weighted by Gasteiger charge is -2.37. The molecule has 1 aliphatic carbocycles. The van der Waals surface area contributed by atoms with Crippen molar-refractivity contribution in [2.75, 3.05) is 50.6 Å². The first-order chi connectivity index (χ1) is 15.0. The van der Waals surface area contributed by atoms with Gasteiger partial charge in [-0.15, -0.1) is 11.3 Å². The van der Waals surface area contributed by atoms with Gasteiger partial charge in [0.15, 0.2) is 5.11 Å². The third-order valence-electron chi connectivity index (χ3n) is 6.11. The number of ether oxygens (including phenoxy) is 2. The number of thiocarbonyl (C=S) groups is 1. The first kappa shape index (κ1) is 21.9. The maximum absolute atomic E-state index is 12.5. The Kier molecular flexibility index (Phi) is 6.67. The molecule has 1 saturated heterocycles. The van der Waals surface area contributed by atoms with Crippen molar-refractivity contribution >= 4 is 45.3 Å². The summed E-state index contributed by atoms with van der Waals surface area (Å²) in [5.74, 6) is 1.23. The normalized spacial score (nSPS) is 18.4. The third-order valence-corrected chi connectivity index (χ3v) is 7.64. The van der Waals surface area contributed by atoms with Crippen molar-refractivity contribution in [3.63, 3.8) is 0 Å². The smallest absolute Gasteiger partial charge is 0.341 e. The minimum Gasteiger partial charge on any atom is -0.497 e. The molecule has 2 heterocycles. The van der Waals surface area contributed by atoms with Crippen molar-refractivity contribution in [3.05, 3.63) is 40.3 Å². The number of nitrogens with zero attached hydrogens (tertiary/aromatic N) is 2. The van der Waals surface area contributed by atoms with Crippen LogP contribution in [0, 0.1) is 5.92 Å². The first-order valence-electron chi connectivity index (χ1n) is 10.7. The van der Waals surface area contributed by atoms with E-state index in [0.29, 0.717) is 16.6 Å². The number of carbonyl (C=O) groups is 1. The van der Waals surface area contributed by atoms with Gasteiger partial charge in [0, 0.05) is 42.8 Å². The highest BCUT2D eigenvalue weighted by atomic mass is 32.1. The van der Waals surface area contributed by atoms with E-state index in [0.717, 1.165) is 67.4 Å². The molecule has 166 valence electrons. The van der Waals surface area contributed by atoms with E-state index in [1.165, 1.54) is 12.0 Å². The van der Waals surface area contributed by atoms with Crippen LogP contribution in [0.25, 0.3) is 0 Å². The van der Waals surface area contributed by atoms with Crippen molar-refractivity contribution < 1.29 is 14.3 Å². The number of hydrogen-bond donors (Lipinski definition) is 1. The fourth-order valence-corrected chi connectivity index (χ4v) is 6.06. The zero-order valence-electron chi connectivity index (χ0n) is 18.3. The molecule has 1 aromatic carbocycles. The van der Waals surface area contributed by atoms with Crippen LogP contribution in [0.3, 0.4) is 0 Å². The lowest BCUT2D eigenvalue weighted by molar-refractivity contribution is 0.0601.